The van der Waals surface area contributed by atoms with Crippen molar-refractivity contribution in [1.29, 1.82) is 0 Å². The van der Waals surface area contributed by atoms with Crippen LogP contribution >= 0.6 is 0 Å². The van der Waals surface area contributed by atoms with Gasteiger partial charge < -0.3 is 24.8 Å². The maximum absolute atomic E-state index is 3.43. The van der Waals surface area contributed by atoms with Gasteiger partial charge in [0.05, 0.1) is 0 Å². The monoisotopic (exact) mass is 429 g/mol. The fraction of sp³-hybridized carbons (Fsp3) is 0.143. The Labute approximate surface area is 133 Å². The van der Waals surface area contributed by atoms with Crippen molar-refractivity contribution in [1.82, 2.24) is 0 Å². The van der Waals surface area contributed by atoms with Gasteiger partial charge >= 0.3 is 0 Å². The minimum Gasteiger partial charge on any atom is -1.00 e. The van der Waals surface area contributed by atoms with Crippen LogP contribution in [-0.2, 0) is 32.3 Å². The maximum atomic E-state index is 3.43. The zero-order chi connectivity index (χ0) is 9.54. The van der Waals surface area contributed by atoms with Crippen LogP contribution in [-0.4, -0.2) is 0 Å². The smallest absolute Gasteiger partial charge is 0 e. The first-order valence-corrected chi connectivity index (χ1v) is 4.95. The van der Waals surface area contributed by atoms with Crippen molar-refractivity contribution in [2.45, 2.75) is 13.3 Å². The third-order valence-electron chi connectivity index (χ3n) is 2.85. The number of halogens is 2. The zero-order valence-electron chi connectivity index (χ0n) is 9.43. The number of rotatable bonds is 0. The molecular weight excluding hydrogens is 418 g/mol. The Balaban J connectivity index is 0.000000853. The van der Waals surface area contributed by atoms with Gasteiger partial charge in [0.2, 0.25) is 0 Å². The molecule has 2 aromatic rings. The molecule has 0 heterocycles. The van der Waals surface area contributed by atoms with E-state index in [1.807, 2.05) is 0 Å². The van der Waals surface area contributed by atoms with E-state index in [4.69, 9.17) is 0 Å². The average Bonchev–Trinajstić information content (AvgIpc) is 2.54. The Hall–Kier alpha value is -0.110. The van der Waals surface area contributed by atoms with Gasteiger partial charge in [0.1, 0.15) is 0 Å². The number of hydrogen-bond acceptors (Lipinski definition) is 0. The van der Waals surface area contributed by atoms with Gasteiger partial charge in [-0.25, -0.2) is 0 Å². The molecule has 0 nitrogen and oxygen atoms in total. The Bertz CT molecular complexity index is 509. The van der Waals surface area contributed by atoms with E-state index in [0.29, 0.717) is 0 Å². The van der Waals surface area contributed by atoms with Crippen molar-refractivity contribution in [3.63, 3.8) is 0 Å². The molecule has 88 valence electrons. The van der Waals surface area contributed by atoms with E-state index in [0.717, 1.165) is 6.42 Å². The van der Waals surface area contributed by atoms with E-state index in [1.165, 1.54) is 27.8 Å². The molecule has 0 spiro atoms. The second-order valence-corrected chi connectivity index (χ2v) is 3.87. The van der Waals surface area contributed by atoms with Gasteiger partial charge in [-0.15, -0.1) is 11.1 Å². The van der Waals surface area contributed by atoms with Crippen LogP contribution in [0, 0.1) is 13.0 Å². The molecule has 0 amide bonds. The van der Waals surface area contributed by atoms with Crippen molar-refractivity contribution < 1.29 is 50.7 Å². The average molecular weight is 429 g/mol. The molecule has 3 rings (SSSR count). The summed E-state index contributed by atoms with van der Waals surface area (Å²) in [6.45, 7) is 2.10. The minimum atomic E-state index is 0. The van der Waals surface area contributed by atoms with Gasteiger partial charge in [-0.2, -0.15) is 23.8 Å². The summed E-state index contributed by atoms with van der Waals surface area (Å²) in [5.41, 5.74) is 6.78. The van der Waals surface area contributed by atoms with Crippen LogP contribution < -0.4 is 24.8 Å². The molecule has 0 saturated carbocycles. The summed E-state index contributed by atoms with van der Waals surface area (Å²) in [5, 5.41) is 0. The van der Waals surface area contributed by atoms with Crippen LogP contribution in [0.5, 0.6) is 0 Å². The molecule has 0 unspecified atom stereocenters. The standard InChI is InChI=1S/C14H11.2ClH.Hf/c1-10-6-7-14-12(8-10)9-11-4-2-3-5-13(11)14;;;/h2-7H,9H2,1H3;2*1H;/q-1;;;/p-2. The largest absolute Gasteiger partial charge is 1.00 e. The summed E-state index contributed by atoms with van der Waals surface area (Å²) in [5.74, 6) is 0. The molecule has 0 saturated heterocycles. The molecular formula is C14H11Cl2Hf-3. The third kappa shape index (κ3) is 3.01. The fourth-order valence-corrected chi connectivity index (χ4v) is 2.18. The molecule has 3 heteroatoms. The van der Waals surface area contributed by atoms with Crippen LogP contribution in [0.15, 0.2) is 36.4 Å². The van der Waals surface area contributed by atoms with Crippen molar-refractivity contribution >= 4 is 0 Å². The summed E-state index contributed by atoms with van der Waals surface area (Å²) in [7, 11) is 0. The summed E-state index contributed by atoms with van der Waals surface area (Å²) in [6, 6.07) is 16.4. The van der Waals surface area contributed by atoms with Crippen LogP contribution in [0.25, 0.3) is 11.1 Å². The SMILES string of the molecule is Cc1[c-]c2c(cc1)-c1ccccc1C2.[Cl-].[Cl-].[Hf]. The Morgan fingerprint density at radius 2 is 1.65 bits per heavy atom. The molecule has 0 aliphatic heterocycles. The molecule has 1 aliphatic carbocycles. The molecule has 17 heavy (non-hydrogen) atoms. The minimum absolute atomic E-state index is 0. The molecule has 0 bridgehead atoms. The Kier molecular flexibility index (Phi) is 6.68. The molecule has 0 fully saturated rings. The zero-order valence-corrected chi connectivity index (χ0v) is 14.5. The maximum Gasteiger partial charge on any atom is 0 e. The van der Waals surface area contributed by atoms with Crippen LogP contribution in [0.1, 0.15) is 16.7 Å². The van der Waals surface area contributed by atoms with Crippen molar-refractivity contribution in [2.75, 3.05) is 0 Å². The van der Waals surface area contributed by atoms with Gasteiger partial charge in [-0.05, 0) is 6.42 Å². The van der Waals surface area contributed by atoms with Gasteiger partial charge in [0.15, 0.2) is 0 Å². The van der Waals surface area contributed by atoms with Crippen molar-refractivity contribution in [2.24, 2.45) is 0 Å². The normalized spacial score (nSPS) is 10.2. The second kappa shape index (κ2) is 6.72. The summed E-state index contributed by atoms with van der Waals surface area (Å²) < 4.78 is 0. The Morgan fingerprint density at radius 3 is 2.41 bits per heavy atom. The molecule has 0 aromatic heterocycles. The van der Waals surface area contributed by atoms with E-state index in [1.54, 1.807) is 0 Å². The molecule has 2 aromatic carbocycles. The predicted octanol–water partition coefficient (Wildman–Crippen LogP) is -2.63. The molecule has 0 radical (unpaired) electrons. The van der Waals surface area contributed by atoms with Gasteiger partial charge in [0, 0.05) is 25.8 Å². The van der Waals surface area contributed by atoms with E-state index >= 15 is 0 Å². The molecule has 1 aliphatic rings. The number of fused-ring (bicyclic) bond motifs is 3. The van der Waals surface area contributed by atoms with Crippen molar-refractivity contribution in [3.05, 3.63) is 59.2 Å². The van der Waals surface area contributed by atoms with Crippen LogP contribution in [0.2, 0.25) is 0 Å². The summed E-state index contributed by atoms with van der Waals surface area (Å²) in [6.07, 6.45) is 1.05. The topological polar surface area (TPSA) is 0 Å². The van der Waals surface area contributed by atoms with E-state index in [-0.39, 0.29) is 50.7 Å². The first kappa shape index (κ1) is 16.9. The number of aryl methyl sites for hydroxylation is 1. The quantitative estimate of drug-likeness (QED) is 0.272. The first-order valence-electron chi connectivity index (χ1n) is 4.95. The molecule has 0 N–H and O–H groups in total. The van der Waals surface area contributed by atoms with Gasteiger partial charge in [-0.3, -0.25) is 0 Å². The second-order valence-electron chi connectivity index (χ2n) is 3.87. The summed E-state index contributed by atoms with van der Waals surface area (Å²) in [4.78, 5) is 0. The van der Waals surface area contributed by atoms with E-state index in [2.05, 4.69) is 49.4 Å². The van der Waals surface area contributed by atoms with E-state index < -0.39 is 0 Å². The molecule has 0 atom stereocenters. The predicted molar refractivity (Wildman–Crippen MR) is 58.3 cm³/mol. The third-order valence-corrected chi connectivity index (χ3v) is 2.85. The van der Waals surface area contributed by atoms with Gasteiger partial charge in [-0.1, -0.05) is 42.3 Å². The van der Waals surface area contributed by atoms with Crippen LogP contribution in [0.3, 0.4) is 0 Å². The fourth-order valence-electron chi connectivity index (χ4n) is 2.18. The van der Waals surface area contributed by atoms with E-state index in [9.17, 15) is 0 Å². The van der Waals surface area contributed by atoms with Gasteiger partial charge in [0.25, 0.3) is 0 Å². The van der Waals surface area contributed by atoms with Crippen molar-refractivity contribution in [3.8, 4) is 11.1 Å². The van der Waals surface area contributed by atoms with Crippen LogP contribution in [0.4, 0.5) is 0 Å². The number of benzene rings is 2. The number of hydrogen-bond donors (Lipinski definition) is 0. The Morgan fingerprint density at radius 1 is 0.941 bits per heavy atom. The summed E-state index contributed by atoms with van der Waals surface area (Å²) >= 11 is 0. The first-order chi connectivity index (χ1) is 6.84.